The van der Waals surface area contributed by atoms with E-state index in [2.05, 4.69) is 20.8 Å². The number of rotatable bonds is 2. The van der Waals surface area contributed by atoms with Gasteiger partial charge in [0.05, 0.1) is 21.1 Å². The predicted molar refractivity (Wildman–Crippen MR) is 67.8 cm³/mol. The minimum absolute atomic E-state index is 0.0139. The third-order valence-corrected chi connectivity index (χ3v) is 1.32. The van der Waals surface area contributed by atoms with Crippen LogP contribution in [0.25, 0.3) is 0 Å². The van der Waals surface area contributed by atoms with Crippen LogP contribution in [0.2, 0.25) is 0 Å². The van der Waals surface area contributed by atoms with Gasteiger partial charge in [-0.3, -0.25) is 0 Å². The Morgan fingerprint density at radius 1 is 0.875 bits per heavy atom. The summed E-state index contributed by atoms with van der Waals surface area (Å²) in [4.78, 5) is 5.53. The molecule has 0 aromatic heterocycles. The monoisotopic (exact) mass is 233 g/mol. The second kappa shape index (κ2) is 6.58. The summed E-state index contributed by atoms with van der Waals surface area (Å²) in [6, 6.07) is 0. The highest BCUT2D eigenvalue weighted by molar-refractivity contribution is 4.57. The molecule has 0 spiro atoms. The summed E-state index contributed by atoms with van der Waals surface area (Å²) in [7, 11) is 6.06. The van der Waals surface area contributed by atoms with Gasteiger partial charge in [-0.25, -0.2) is 4.84 Å². The standard InChI is InChI=1S/C8H20NO.C5H11O/c1-8(2,3)7-10-9(4,5)6;1-5(2,3)4-6/h7H2,1-6H3;4H2,1-3H3/q+1;-1. The van der Waals surface area contributed by atoms with Crippen molar-refractivity contribution in [3.63, 3.8) is 0 Å². The summed E-state index contributed by atoms with van der Waals surface area (Å²) in [6.45, 7) is 13.1. The average Bonchev–Trinajstić information content (AvgIpc) is 1.98. The Balaban J connectivity index is 0. The second-order valence-electron chi connectivity index (χ2n) is 7.43. The maximum Gasteiger partial charge on any atom is 0.111 e. The average molecular weight is 233 g/mol. The van der Waals surface area contributed by atoms with Crippen LogP contribution in [0.1, 0.15) is 41.5 Å². The van der Waals surface area contributed by atoms with Gasteiger partial charge in [0.1, 0.15) is 6.61 Å². The van der Waals surface area contributed by atoms with Gasteiger partial charge < -0.3 is 5.11 Å². The molecule has 0 aliphatic heterocycles. The molecule has 0 amide bonds. The first-order valence-corrected chi connectivity index (χ1v) is 5.81. The van der Waals surface area contributed by atoms with E-state index in [-0.39, 0.29) is 17.4 Å². The van der Waals surface area contributed by atoms with Crippen LogP contribution in [0, 0.1) is 10.8 Å². The van der Waals surface area contributed by atoms with Gasteiger partial charge in [-0.1, -0.05) is 47.0 Å². The minimum Gasteiger partial charge on any atom is -0.854 e. The van der Waals surface area contributed by atoms with Crippen molar-refractivity contribution in [3.05, 3.63) is 0 Å². The lowest BCUT2D eigenvalue weighted by molar-refractivity contribution is -1.06. The molecule has 0 unspecified atom stereocenters. The molecule has 16 heavy (non-hydrogen) atoms. The minimum atomic E-state index is -0.0139. The van der Waals surface area contributed by atoms with Crippen LogP contribution < -0.4 is 5.11 Å². The van der Waals surface area contributed by atoms with E-state index in [9.17, 15) is 5.11 Å². The van der Waals surface area contributed by atoms with E-state index in [1.165, 1.54) is 0 Å². The number of hydrogen-bond acceptors (Lipinski definition) is 2. The van der Waals surface area contributed by atoms with Crippen LogP contribution in [0.15, 0.2) is 0 Å². The van der Waals surface area contributed by atoms with Crippen LogP contribution in [0.5, 0.6) is 0 Å². The van der Waals surface area contributed by atoms with E-state index in [0.29, 0.717) is 4.65 Å². The van der Waals surface area contributed by atoms with Gasteiger partial charge in [0.25, 0.3) is 0 Å². The molecule has 100 valence electrons. The number of nitrogens with zero attached hydrogens (tertiary/aromatic N) is 1. The zero-order valence-electron chi connectivity index (χ0n) is 12.7. The largest absolute Gasteiger partial charge is 0.854 e. The summed E-state index contributed by atoms with van der Waals surface area (Å²) < 4.78 is 0.581. The van der Waals surface area contributed by atoms with E-state index in [0.717, 1.165) is 6.61 Å². The van der Waals surface area contributed by atoms with Crippen LogP contribution in [0.3, 0.4) is 0 Å². The van der Waals surface area contributed by atoms with Gasteiger partial charge in [-0.2, -0.15) is 4.65 Å². The van der Waals surface area contributed by atoms with Gasteiger partial charge in [0.2, 0.25) is 0 Å². The van der Waals surface area contributed by atoms with E-state index in [1.54, 1.807) is 0 Å². The first kappa shape index (κ1) is 18.3. The highest BCUT2D eigenvalue weighted by Gasteiger charge is 2.16. The fraction of sp³-hybridized carbons (Fsp3) is 1.00. The Morgan fingerprint density at radius 3 is 1.25 bits per heavy atom. The van der Waals surface area contributed by atoms with E-state index in [4.69, 9.17) is 4.84 Å². The molecule has 0 rings (SSSR count). The molecular weight excluding hydrogens is 202 g/mol. The van der Waals surface area contributed by atoms with Crippen molar-refractivity contribution in [1.29, 1.82) is 0 Å². The molecule has 0 bridgehead atoms. The molecule has 3 heteroatoms. The van der Waals surface area contributed by atoms with Crippen LogP contribution in [0.4, 0.5) is 0 Å². The van der Waals surface area contributed by atoms with Gasteiger partial charge >= 0.3 is 0 Å². The van der Waals surface area contributed by atoms with Gasteiger partial charge in [0.15, 0.2) is 0 Å². The SMILES string of the molecule is CC(C)(C)CO[N+](C)(C)C.CC(C)(C)C[O-]. The van der Waals surface area contributed by atoms with Gasteiger partial charge in [-0.15, -0.1) is 6.61 Å². The Hall–Kier alpha value is -0.120. The van der Waals surface area contributed by atoms with Crippen LogP contribution >= 0.6 is 0 Å². The molecule has 0 fully saturated rings. The third kappa shape index (κ3) is 23.6. The van der Waals surface area contributed by atoms with Gasteiger partial charge in [0, 0.05) is 0 Å². The van der Waals surface area contributed by atoms with E-state index in [1.807, 2.05) is 41.9 Å². The topological polar surface area (TPSA) is 32.3 Å². The molecule has 0 heterocycles. The molecule has 0 saturated carbocycles. The number of hydroxylamine groups is 3. The third-order valence-electron chi connectivity index (χ3n) is 1.32. The van der Waals surface area contributed by atoms with E-state index >= 15 is 0 Å². The quantitative estimate of drug-likeness (QED) is 0.540. The molecule has 0 aromatic rings. The van der Waals surface area contributed by atoms with Gasteiger partial charge in [-0.05, 0) is 5.41 Å². The van der Waals surface area contributed by atoms with Crippen LogP contribution in [-0.4, -0.2) is 39.0 Å². The summed E-state index contributed by atoms with van der Waals surface area (Å²) in [6.07, 6.45) is 0. The summed E-state index contributed by atoms with van der Waals surface area (Å²) >= 11 is 0. The predicted octanol–water partition coefficient (Wildman–Crippen LogP) is 2.06. The smallest absolute Gasteiger partial charge is 0.111 e. The molecule has 0 aromatic carbocycles. The van der Waals surface area contributed by atoms with Crippen molar-refractivity contribution in [2.45, 2.75) is 41.5 Å². The summed E-state index contributed by atoms with van der Waals surface area (Å²) in [5.41, 5.74) is 0.255. The Labute approximate surface area is 102 Å². The van der Waals surface area contributed by atoms with E-state index < -0.39 is 0 Å². The lowest BCUT2D eigenvalue weighted by Gasteiger charge is -2.26. The molecular formula is C13H31NO2. The molecule has 0 saturated heterocycles. The molecule has 3 nitrogen and oxygen atoms in total. The van der Waals surface area contributed by atoms with Crippen molar-refractivity contribution in [2.75, 3.05) is 34.4 Å². The Morgan fingerprint density at radius 2 is 1.19 bits per heavy atom. The fourth-order valence-electron chi connectivity index (χ4n) is 0.387. The fourth-order valence-corrected chi connectivity index (χ4v) is 0.387. The van der Waals surface area contributed by atoms with Crippen molar-refractivity contribution < 1.29 is 14.6 Å². The maximum atomic E-state index is 9.95. The lowest BCUT2D eigenvalue weighted by Crippen LogP contribution is -2.37. The highest BCUT2D eigenvalue weighted by atomic mass is 16.7. The first-order chi connectivity index (χ1) is 6.77. The highest BCUT2D eigenvalue weighted by Crippen LogP contribution is 2.14. The van der Waals surface area contributed by atoms with Crippen molar-refractivity contribution >= 4 is 0 Å². The number of hydrogen-bond donors (Lipinski definition) is 0. The Bertz CT molecular complexity index is 156. The summed E-state index contributed by atoms with van der Waals surface area (Å²) in [5.74, 6) is 0. The second-order valence-corrected chi connectivity index (χ2v) is 7.43. The zero-order valence-corrected chi connectivity index (χ0v) is 12.7. The van der Waals surface area contributed by atoms with Crippen LogP contribution in [-0.2, 0) is 4.84 Å². The normalized spacial score (nSPS) is 13.1. The Kier molecular flexibility index (Phi) is 7.50. The molecule has 0 aliphatic carbocycles. The summed E-state index contributed by atoms with van der Waals surface area (Å²) in [5, 5.41) is 9.95. The molecule has 0 radical (unpaired) electrons. The number of quaternary nitrogens is 1. The molecule has 0 atom stereocenters. The van der Waals surface area contributed by atoms with Crippen molar-refractivity contribution in [3.8, 4) is 0 Å². The maximum absolute atomic E-state index is 9.95. The van der Waals surface area contributed by atoms with Crippen molar-refractivity contribution in [2.24, 2.45) is 10.8 Å². The lowest BCUT2D eigenvalue weighted by atomic mass is 9.99. The molecule has 0 aliphatic rings. The van der Waals surface area contributed by atoms with Crippen molar-refractivity contribution in [1.82, 2.24) is 0 Å². The molecule has 0 N–H and O–H groups in total. The first-order valence-electron chi connectivity index (χ1n) is 5.81. The zero-order chi connectivity index (χ0) is 13.6.